The maximum absolute atomic E-state index is 14.1. The zero-order valence-electron chi connectivity index (χ0n) is 14.2. The van der Waals surface area contributed by atoms with E-state index in [1.54, 1.807) is 0 Å². The van der Waals surface area contributed by atoms with E-state index in [-0.39, 0.29) is 16.6 Å². The third-order valence-electron chi connectivity index (χ3n) is 2.76. The van der Waals surface area contributed by atoms with Gasteiger partial charge in [-0.05, 0) is 23.7 Å². The second kappa shape index (κ2) is 7.63. The van der Waals surface area contributed by atoms with Crippen LogP contribution in [0.3, 0.4) is 0 Å². The monoisotopic (exact) mass is 273 g/mol. The van der Waals surface area contributed by atoms with Gasteiger partial charge in [-0.25, -0.2) is 4.39 Å². The molecule has 2 nitrogen and oxygen atoms in total. The zero-order valence-corrected chi connectivity index (χ0v) is 14.2. The summed E-state index contributed by atoms with van der Waals surface area (Å²) < 4.78 is 19.7. The SMILES string of the molecule is BC(COCC(C)(C)C)C(F)CN(C)CC(C)(C)C. The molecule has 0 radical (unpaired) electrons. The van der Waals surface area contributed by atoms with Gasteiger partial charge in [-0.3, -0.25) is 0 Å². The molecule has 114 valence electrons. The summed E-state index contributed by atoms with van der Waals surface area (Å²) in [5.41, 5.74) is 0.356. The third-order valence-corrected chi connectivity index (χ3v) is 2.76. The molecule has 0 saturated carbocycles. The highest BCUT2D eigenvalue weighted by Gasteiger charge is 2.22. The van der Waals surface area contributed by atoms with Gasteiger partial charge in [0.25, 0.3) is 0 Å². The molecular formula is C15H33BFNO. The minimum Gasteiger partial charge on any atom is -0.381 e. The van der Waals surface area contributed by atoms with Crippen LogP contribution in [0.1, 0.15) is 41.5 Å². The molecule has 0 heterocycles. The molecule has 0 bridgehead atoms. The van der Waals surface area contributed by atoms with Crippen molar-refractivity contribution in [1.29, 1.82) is 0 Å². The molecule has 0 fully saturated rings. The van der Waals surface area contributed by atoms with Crippen molar-refractivity contribution in [1.82, 2.24) is 4.90 Å². The van der Waals surface area contributed by atoms with Gasteiger partial charge >= 0.3 is 0 Å². The topological polar surface area (TPSA) is 12.5 Å². The standard InChI is InChI=1S/C15H33BFNO/c1-14(2,3)10-18(7)8-13(17)12(16)9-19-11-15(4,5)6/h12-13H,8-11,16H2,1-7H3. The lowest BCUT2D eigenvalue weighted by atomic mass is 9.83. The highest BCUT2D eigenvalue weighted by molar-refractivity contribution is 6.12. The minimum atomic E-state index is -0.827. The van der Waals surface area contributed by atoms with Gasteiger partial charge in [0.2, 0.25) is 0 Å². The van der Waals surface area contributed by atoms with Crippen molar-refractivity contribution in [2.24, 2.45) is 10.8 Å². The first-order valence-electron chi connectivity index (χ1n) is 7.31. The molecule has 0 N–H and O–H groups in total. The van der Waals surface area contributed by atoms with Crippen molar-refractivity contribution in [3.8, 4) is 0 Å². The fraction of sp³-hybridized carbons (Fsp3) is 1.00. The molecule has 0 aliphatic heterocycles. The van der Waals surface area contributed by atoms with Gasteiger partial charge in [0.05, 0.1) is 6.61 Å². The number of hydrogen-bond acceptors (Lipinski definition) is 2. The lowest BCUT2D eigenvalue weighted by Gasteiger charge is -2.29. The van der Waals surface area contributed by atoms with Gasteiger partial charge in [0, 0.05) is 19.7 Å². The van der Waals surface area contributed by atoms with Gasteiger partial charge < -0.3 is 9.64 Å². The highest BCUT2D eigenvalue weighted by atomic mass is 19.1. The second-order valence-corrected chi connectivity index (χ2v) is 8.33. The summed E-state index contributed by atoms with van der Waals surface area (Å²) in [4.78, 5) is 2.07. The number of hydrogen-bond donors (Lipinski definition) is 0. The number of rotatable bonds is 7. The van der Waals surface area contributed by atoms with Crippen molar-refractivity contribution < 1.29 is 9.13 Å². The van der Waals surface area contributed by atoms with E-state index in [2.05, 4.69) is 46.4 Å². The molecule has 0 amide bonds. The Bertz CT molecular complexity index is 248. The molecule has 0 rings (SSSR count). The van der Waals surface area contributed by atoms with Crippen LogP contribution in [0.2, 0.25) is 5.82 Å². The van der Waals surface area contributed by atoms with Crippen molar-refractivity contribution in [3.05, 3.63) is 0 Å². The van der Waals surface area contributed by atoms with Crippen LogP contribution in [0.25, 0.3) is 0 Å². The molecule has 2 atom stereocenters. The Morgan fingerprint density at radius 3 is 2.05 bits per heavy atom. The lowest BCUT2D eigenvalue weighted by molar-refractivity contribution is 0.0537. The van der Waals surface area contributed by atoms with E-state index in [0.717, 1.165) is 6.54 Å². The van der Waals surface area contributed by atoms with Gasteiger partial charge in [-0.2, -0.15) is 0 Å². The van der Waals surface area contributed by atoms with Crippen LogP contribution in [-0.4, -0.2) is 52.3 Å². The summed E-state index contributed by atoms with van der Waals surface area (Å²) in [6.07, 6.45) is -0.827. The maximum atomic E-state index is 14.1. The summed E-state index contributed by atoms with van der Waals surface area (Å²) in [6.45, 7) is 15.5. The first-order valence-corrected chi connectivity index (χ1v) is 7.31. The van der Waals surface area contributed by atoms with Crippen molar-refractivity contribution in [3.63, 3.8) is 0 Å². The third kappa shape index (κ3) is 11.4. The Balaban J connectivity index is 3.96. The smallest absolute Gasteiger partial charge is 0.112 e. The molecule has 2 unspecified atom stereocenters. The lowest BCUT2D eigenvalue weighted by Crippen LogP contribution is -2.36. The number of halogens is 1. The van der Waals surface area contributed by atoms with Gasteiger partial charge in [0.1, 0.15) is 14.0 Å². The van der Waals surface area contributed by atoms with E-state index < -0.39 is 6.17 Å². The van der Waals surface area contributed by atoms with Crippen LogP contribution in [0, 0.1) is 10.8 Å². The van der Waals surface area contributed by atoms with E-state index in [9.17, 15) is 4.39 Å². The molecule has 19 heavy (non-hydrogen) atoms. The fourth-order valence-corrected chi connectivity index (χ4v) is 2.01. The number of ether oxygens (including phenoxy) is 1. The molecule has 0 saturated heterocycles. The Morgan fingerprint density at radius 2 is 1.63 bits per heavy atom. The van der Waals surface area contributed by atoms with E-state index >= 15 is 0 Å². The van der Waals surface area contributed by atoms with Crippen LogP contribution in [0.5, 0.6) is 0 Å². The van der Waals surface area contributed by atoms with E-state index in [0.29, 0.717) is 19.8 Å². The first-order chi connectivity index (χ1) is 8.41. The van der Waals surface area contributed by atoms with Crippen LogP contribution >= 0.6 is 0 Å². The molecule has 0 aromatic carbocycles. The van der Waals surface area contributed by atoms with Gasteiger partial charge in [-0.1, -0.05) is 41.5 Å². The second-order valence-electron chi connectivity index (χ2n) is 8.33. The van der Waals surface area contributed by atoms with Crippen molar-refractivity contribution in [2.75, 3.05) is 33.4 Å². The average molecular weight is 273 g/mol. The minimum absolute atomic E-state index is 0.0511. The van der Waals surface area contributed by atoms with E-state index in [1.807, 2.05) is 14.9 Å². The highest BCUT2D eigenvalue weighted by Crippen LogP contribution is 2.19. The van der Waals surface area contributed by atoms with Crippen molar-refractivity contribution >= 4 is 7.85 Å². The molecule has 0 spiro atoms. The molecule has 4 heteroatoms. The van der Waals surface area contributed by atoms with Crippen LogP contribution < -0.4 is 0 Å². The molecule has 0 aromatic rings. The predicted octanol–water partition coefficient (Wildman–Crippen LogP) is 2.79. The Kier molecular flexibility index (Phi) is 7.60. The molecule has 0 aliphatic carbocycles. The average Bonchev–Trinajstić information content (AvgIpc) is 2.11. The number of alkyl halides is 1. The van der Waals surface area contributed by atoms with E-state index in [4.69, 9.17) is 4.74 Å². The van der Waals surface area contributed by atoms with Crippen molar-refractivity contribution in [2.45, 2.75) is 53.5 Å². The Morgan fingerprint density at radius 1 is 1.11 bits per heavy atom. The summed E-state index contributed by atoms with van der Waals surface area (Å²) >= 11 is 0. The normalized spacial score (nSPS) is 16.7. The predicted molar refractivity (Wildman–Crippen MR) is 84.4 cm³/mol. The molecular weight excluding hydrogens is 240 g/mol. The molecule has 0 aromatic heterocycles. The van der Waals surface area contributed by atoms with Crippen LogP contribution in [0.15, 0.2) is 0 Å². The van der Waals surface area contributed by atoms with Crippen LogP contribution in [-0.2, 0) is 4.74 Å². The summed E-state index contributed by atoms with van der Waals surface area (Å²) in [5.74, 6) is -0.0511. The van der Waals surface area contributed by atoms with Crippen LogP contribution in [0.4, 0.5) is 4.39 Å². The van der Waals surface area contributed by atoms with Gasteiger partial charge in [0.15, 0.2) is 0 Å². The molecule has 0 aliphatic rings. The fourth-order valence-electron chi connectivity index (χ4n) is 2.01. The zero-order chi connectivity index (χ0) is 15.3. The Labute approximate surface area is 120 Å². The Hall–Kier alpha value is -0.0851. The maximum Gasteiger partial charge on any atom is 0.112 e. The first kappa shape index (κ1) is 18.9. The summed E-state index contributed by atoms with van der Waals surface area (Å²) in [5, 5.41) is 0. The number of nitrogens with zero attached hydrogens (tertiary/aromatic N) is 1. The van der Waals surface area contributed by atoms with Gasteiger partial charge in [-0.15, -0.1) is 0 Å². The summed E-state index contributed by atoms with van der Waals surface area (Å²) in [6, 6.07) is 0. The van der Waals surface area contributed by atoms with E-state index in [1.165, 1.54) is 0 Å². The largest absolute Gasteiger partial charge is 0.381 e. The quantitative estimate of drug-likeness (QED) is 0.661. The summed E-state index contributed by atoms with van der Waals surface area (Å²) in [7, 11) is 3.92.